The van der Waals surface area contributed by atoms with Crippen molar-refractivity contribution in [2.24, 2.45) is 23.3 Å². The minimum absolute atomic E-state index is 0.0141. The van der Waals surface area contributed by atoms with Gasteiger partial charge in [0.25, 0.3) is 23.6 Å². The van der Waals surface area contributed by atoms with E-state index >= 15 is 0 Å². The second kappa shape index (κ2) is 32.3. The first-order chi connectivity index (χ1) is 45.4. The molecule has 10 amide bonds. The van der Waals surface area contributed by atoms with Crippen molar-refractivity contribution in [1.82, 2.24) is 34.7 Å². The number of carbonyl (C=O) groups is 11. The minimum atomic E-state index is -1.17. The van der Waals surface area contributed by atoms with E-state index in [0.29, 0.717) is 52.1 Å². The van der Waals surface area contributed by atoms with Crippen molar-refractivity contribution < 1.29 is 77.2 Å². The van der Waals surface area contributed by atoms with Gasteiger partial charge in [0.2, 0.25) is 5.91 Å². The maximum Gasteiger partial charge on any atom is 0.415 e. The average molecular weight is 1330 g/mol. The predicted molar refractivity (Wildman–Crippen MR) is 349 cm³/mol. The zero-order valence-electron chi connectivity index (χ0n) is 52.7. The number of hydrogen-bond acceptors (Lipinski definition) is 17. The molecule has 28 nitrogen and oxygen atoms in total. The summed E-state index contributed by atoms with van der Waals surface area (Å²) < 4.78 is 18.7. The highest BCUT2D eigenvalue weighted by Gasteiger charge is 2.38. The van der Waals surface area contributed by atoms with Gasteiger partial charge in [-0.15, -0.1) is 11.6 Å². The number of imide groups is 1. The number of hydrogen-bond donors (Lipinski definition) is 8. The summed E-state index contributed by atoms with van der Waals surface area (Å²) in [6.45, 7) is 4.79. The Kier molecular flexibility index (Phi) is 23.9. The molecule has 0 unspecified atom stereocenters. The molecule has 0 fully saturated rings. The number of aromatic nitrogens is 2. The molecule has 0 spiro atoms. The Labute approximate surface area is 550 Å². The second-order valence-electron chi connectivity index (χ2n) is 23.3. The van der Waals surface area contributed by atoms with E-state index < -0.39 is 89.5 Å². The molecule has 29 heteroatoms. The number of rotatable bonds is 30. The Morgan fingerprint density at radius 2 is 1.55 bits per heavy atom. The molecule has 2 aromatic heterocycles. The van der Waals surface area contributed by atoms with E-state index in [-0.39, 0.29) is 107 Å². The number of carboxylic acids is 1. The van der Waals surface area contributed by atoms with Crippen molar-refractivity contribution in [2.45, 2.75) is 83.9 Å². The number of halogens is 1. The molecule has 0 aliphatic carbocycles. The molecule has 4 heterocycles. The van der Waals surface area contributed by atoms with Crippen LogP contribution in [0.5, 0.6) is 11.5 Å². The van der Waals surface area contributed by atoms with Crippen molar-refractivity contribution in [3.8, 4) is 11.5 Å². The van der Waals surface area contributed by atoms with E-state index in [9.17, 15) is 63.0 Å². The van der Waals surface area contributed by atoms with Crippen molar-refractivity contribution in [3.05, 3.63) is 137 Å². The Bertz CT molecular complexity index is 3900. The van der Waals surface area contributed by atoms with Crippen LogP contribution in [0.1, 0.15) is 95.8 Å². The molecule has 502 valence electrons. The summed E-state index contributed by atoms with van der Waals surface area (Å²) in [7, 11) is 1.48. The smallest absolute Gasteiger partial charge is 0.415 e. The number of aliphatic carboxylic acids is 1. The van der Waals surface area contributed by atoms with E-state index in [0.717, 1.165) is 33.6 Å². The number of aryl methyl sites for hydroxylation is 1. The molecular weight excluding hydrogens is 1250 g/mol. The molecule has 0 radical (unpaired) electrons. The molecule has 4 atom stereocenters. The fourth-order valence-electron chi connectivity index (χ4n) is 10.9. The number of alkyl carbamates (subject to hydrolysis) is 1. The Morgan fingerprint density at radius 1 is 0.832 bits per heavy atom. The van der Waals surface area contributed by atoms with Crippen LogP contribution in [0.25, 0.3) is 16.4 Å². The summed E-state index contributed by atoms with van der Waals surface area (Å²) in [5.41, 5.74) is 15.2. The molecule has 2 aliphatic heterocycles. The number of phenols is 1. The Hall–Kier alpha value is -10.6. The number of aromatic hydroxyl groups is 1. The molecular formula is C66H75ClN12O16. The number of urea groups is 1. The zero-order valence-corrected chi connectivity index (χ0v) is 53.5. The average Bonchev–Trinajstić information content (AvgIpc) is 1.63. The van der Waals surface area contributed by atoms with Gasteiger partial charge in [-0.3, -0.25) is 38.5 Å². The molecule has 2 aliphatic rings. The van der Waals surface area contributed by atoms with Crippen LogP contribution in [-0.2, 0) is 40.1 Å². The van der Waals surface area contributed by atoms with Gasteiger partial charge in [0.1, 0.15) is 42.1 Å². The number of Topliss-reactive ketones (excluding diaryl/α,β-unsaturated/α-hetero) is 1. The van der Waals surface area contributed by atoms with Gasteiger partial charge in [-0.2, -0.15) is 0 Å². The number of carboxylic acid groups (broad SMARTS) is 1. The largest absolute Gasteiger partial charge is 0.508 e. The monoisotopic (exact) mass is 1330 g/mol. The van der Waals surface area contributed by atoms with Gasteiger partial charge in [-0.05, 0) is 116 Å². The molecule has 0 saturated heterocycles. The standard InChI is InChI=1S/C66H75ClN12O16/c1-38(2)58(74-64(90)93-30-29-78-54(82)23-24-55(78)83)51(81)31-42(10-8-25-70-63(69)89)60(85)71-44-17-13-40(14-18-44)37-94-65(91)75(4)27-28-76(26-6-5-12-48(68)62(87)88)66(92)95-52-32-50-57(56-39(3)9-7-11-47(52)56)43(33-67)34-79(50)61(86)49-36-77-35-45(19-22-53(77)73-49)72-59(84)41-15-20-46(80)21-16-41/h7,9,11,13-24,32,35-36,38,42-43,48,58,80H,5-6,8,10,12,25-31,33-34,37,68H2,1-4H3,(H,71,85)(H,72,84)(H,74,90)(H,87,88)(H3,69,70,89)/t42-,43-,48+,58+/m1/s1. The third kappa shape index (κ3) is 18.4. The number of carbonyl (C=O) groups excluding carboxylic acids is 10. The number of nitrogens with two attached hydrogens (primary N) is 2. The van der Waals surface area contributed by atoms with Crippen LogP contribution in [0.3, 0.4) is 0 Å². The van der Waals surface area contributed by atoms with Gasteiger partial charge in [0, 0.05) is 111 Å². The number of likely N-dealkylation sites (N-methyl/N-ethyl adjacent to an activating group) is 1. The van der Waals surface area contributed by atoms with Crippen molar-refractivity contribution in [3.63, 3.8) is 0 Å². The number of nitrogens with zero attached hydrogens (tertiary/aromatic N) is 6. The van der Waals surface area contributed by atoms with Crippen molar-refractivity contribution >= 4 is 111 Å². The lowest BCUT2D eigenvalue weighted by molar-refractivity contribution is -0.139. The van der Waals surface area contributed by atoms with Gasteiger partial charge in [-0.25, -0.2) is 24.2 Å². The summed E-state index contributed by atoms with van der Waals surface area (Å²) in [4.78, 5) is 152. The number of nitrogens with one attached hydrogen (secondary N) is 4. The fraction of sp³-hybridized carbons (Fsp3) is 0.364. The van der Waals surface area contributed by atoms with Gasteiger partial charge in [0.05, 0.1) is 24.0 Å². The number of unbranched alkanes of at least 4 members (excludes halogenated alkanes) is 1. The molecule has 0 bridgehead atoms. The maximum atomic E-state index is 14.6. The van der Waals surface area contributed by atoms with Crippen LogP contribution in [0.2, 0.25) is 0 Å². The SMILES string of the molecule is Cc1cccc2c(OC(=O)N(CCCC[C@H](N)C(=O)O)CCN(C)C(=O)OCc3ccc(NC(=O)[C@H](CCCNC(N)=O)CC(=O)[C@@H](NC(=O)OCCN4C(=O)C=CC4=O)C(C)C)cc3)cc3c(c12)[C@H](CCl)CN3C(=O)c1cn2cc(NC(=O)c3ccc(O)cc3)ccc2n1. The first-order valence-corrected chi connectivity index (χ1v) is 31.2. The van der Waals surface area contributed by atoms with Gasteiger partial charge >= 0.3 is 30.3 Å². The number of pyridine rings is 1. The third-order valence-electron chi connectivity index (χ3n) is 16.1. The van der Waals surface area contributed by atoms with Gasteiger partial charge < -0.3 is 76.3 Å². The first-order valence-electron chi connectivity index (χ1n) is 30.7. The third-order valence-corrected chi connectivity index (χ3v) is 16.5. The highest BCUT2D eigenvalue weighted by molar-refractivity contribution is 6.19. The Morgan fingerprint density at radius 3 is 2.23 bits per heavy atom. The number of imidazole rings is 1. The maximum absolute atomic E-state index is 14.6. The number of fused-ring (bicyclic) bond motifs is 4. The number of ether oxygens (including phenoxy) is 3. The second-order valence-corrected chi connectivity index (χ2v) is 23.6. The number of primary amides is 1. The first kappa shape index (κ1) is 70.3. The van der Waals surface area contributed by atoms with Gasteiger partial charge in [-0.1, -0.05) is 44.2 Å². The van der Waals surface area contributed by atoms with Crippen LogP contribution in [0, 0.1) is 18.8 Å². The minimum Gasteiger partial charge on any atom is -0.508 e. The molecule has 4 aromatic carbocycles. The topological polar surface area (TPSA) is 386 Å². The number of anilines is 3. The number of ketones is 1. The lowest BCUT2D eigenvalue weighted by Gasteiger charge is -2.26. The summed E-state index contributed by atoms with van der Waals surface area (Å²) in [5.74, 6) is -5.61. The van der Waals surface area contributed by atoms with Crippen LogP contribution in [0.15, 0.2) is 109 Å². The van der Waals surface area contributed by atoms with Crippen LogP contribution >= 0.6 is 11.6 Å². The zero-order chi connectivity index (χ0) is 68.6. The van der Waals surface area contributed by atoms with E-state index in [1.165, 1.54) is 41.1 Å². The summed E-state index contributed by atoms with van der Waals surface area (Å²) in [5, 5.41) is 31.0. The van der Waals surface area contributed by atoms with Crippen molar-refractivity contribution in [2.75, 3.05) is 74.3 Å². The summed E-state index contributed by atoms with van der Waals surface area (Å²) in [6.07, 6.45) is 3.68. The lowest BCUT2D eigenvalue weighted by atomic mass is 9.89. The number of phenolic OH excluding ortho intramolecular Hbond substituents is 1. The van der Waals surface area contributed by atoms with Crippen LogP contribution in [0.4, 0.5) is 36.2 Å². The molecule has 6 aromatic rings. The van der Waals surface area contributed by atoms with Crippen LogP contribution in [-0.4, -0.2) is 171 Å². The fourth-order valence-corrected chi connectivity index (χ4v) is 11.2. The quantitative estimate of drug-likeness (QED) is 0.0127. The number of benzene rings is 4. The number of alkyl halides is 1. The normalized spacial score (nSPS) is 14.2. The van der Waals surface area contributed by atoms with Crippen LogP contribution < -0.4 is 42.4 Å². The van der Waals surface area contributed by atoms with Gasteiger partial charge in [0.15, 0.2) is 5.78 Å². The Balaban J connectivity index is 0.906. The van der Waals surface area contributed by atoms with Crippen molar-refractivity contribution in [1.29, 1.82) is 0 Å². The summed E-state index contributed by atoms with van der Waals surface area (Å²) in [6, 6.07) is 19.6. The molecule has 0 saturated carbocycles. The lowest BCUT2D eigenvalue weighted by Crippen LogP contribution is -2.46. The van der Waals surface area contributed by atoms with E-state index in [1.807, 2.05) is 19.1 Å². The number of amides is 10. The molecule has 8 rings (SSSR count). The predicted octanol–water partition coefficient (Wildman–Crippen LogP) is 7.03. The molecule has 95 heavy (non-hydrogen) atoms. The highest BCUT2D eigenvalue weighted by atomic mass is 35.5. The highest BCUT2D eigenvalue weighted by Crippen LogP contribution is 2.47. The van der Waals surface area contributed by atoms with E-state index in [1.54, 1.807) is 84.1 Å². The van der Waals surface area contributed by atoms with E-state index in [4.69, 9.17) is 37.3 Å². The summed E-state index contributed by atoms with van der Waals surface area (Å²) >= 11 is 6.66. The molecule has 10 N–H and O–H groups in total. The van der Waals surface area contributed by atoms with E-state index in [2.05, 4.69) is 26.3 Å².